The predicted molar refractivity (Wildman–Crippen MR) is 71.0 cm³/mol. The van der Waals surface area contributed by atoms with E-state index in [0.717, 1.165) is 0 Å². The van der Waals surface area contributed by atoms with Crippen LogP contribution in [0.4, 0.5) is 0 Å². The summed E-state index contributed by atoms with van der Waals surface area (Å²) in [6, 6.07) is 3.20. The molecule has 1 aromatic heterocycles. The van der Waals surface area contributed by atoms with Gasteiger partial charge in [-0.15, -0.1) is 11.6 Å². The number of sulfonamides is 1. The third kappa shape index (κ3) is 2.53. The number of rotatable bonds is 2. The molecular weight excluding hydrogens is 272 g/mol. The lowest BCUT2D eigenvalue weighted by Crippen LogP contribution is -2.48. The average Bonchev–Trinajstić information content (AvgIpc) is 2.33. The van der Waals surface area contributed by atoms with Gasteiger partial charge in [0.05, 0.1) is 0 Å². The van der Waals surface area contributed by atoms with Gasteiger partial charge in [-0.25, -0.2) is 8.42 Å². The normalized spacial score (nSPS) is 24.9. The molecule has 1 unspecified atom stereocenters. The standard InChI is InChI=1S/C12H17ClN2O2S/c1-12(2)9-15(7-5-11(12)13)18(16,17)10-4-3-6-14-8-10/h3-4,6,8,11H,5,7,9H2,1-2H3. The summed E-state index contributed by atoms with van der Waals surface area (Å²) >= 11 is 6.24. The Morgan fingerprint density at radius 2 is 2.22 bits per heavy atom. The van der Waals surface area contributed by atoms with Crippen molar-refractivity contribution in [3.63, 3.8) is 0 Å². The first-order valence-corrected chi connectivity index (χ1v) is 7.76. The Kier molecular flexibility index (Phi) is 3.67. The topological polar surface area (TPSA) is 50.3 Å². The van der Waals surface area contributed by atoms with E-state index >= 15 is 0 Å². The first kappa shape index (κ1) is 13.8. The number of hydrogen-bond acceptors (Lipinski definition) is 3. The van der Waals surface area contributed by atoms with Gasteiger partial charge in [0.25, 0.3) is 0 Å². The Hall–Kier alpha value is -0.650. The van der Waals surface area contributed by atoms with Crippen molar-refractivity contribution in [2.24, 2.45) is 5.41 Å². The van der Waals surface area contributed by atoms with Gasteiger partial charge in [0.15, 0.2) is 0 Å². The van der Waals surface area contributed by atoms with Crippen LogP contribution < -0.4 is 0 Å². The molecule has 2 rings (SSSR count). The third-order valence-corrected chi connectivity index (χ3v) is 5.97. The molecule has 1 saturated heterocycles. The van der Waals surface area contributed by atoms with Gasteiger partial charge in [-0.1, -0.05) is 13.8 Å². The van der Waals surface area contributed by atoms with E-state index in [1.54, 1.807) is 18.3 Å². The maximum Gasteiger partial charge on any atom is 0.244 e. The lowest BCUT2D eigenvalue weighted by molar-refractivity contribution is 0.192. The second-order valence-corrected chi connectivity index (χ2v) is 7.74. The molecule has 0 aliphatic carbocycles. The van der Waals surface area contributed by atoms with Crippen molar-refractivity contribution < 1.29 is 8.42 Å². The fourth-order valence-electron chi connectivity index (χ4n) is 2.13. The molecule has 1 aliphatic heterocycles. The van der Waals surface area contributed by atoms with E-state index in [9.17, 15) is 8.42 Å². The SMILES string of the molecule is CC1(C)CN(S(=O)(=O)c2cccnc2)CCC1Cl. The Morgan fingerprint density at radius 3 is 2.78 bits per heavy atom. The molecule has 4 nitrogen and oxygen atoms in total. The molecule has 1 fully saturated rings. The quantitative estimate of drug-likeness (QED) is 0.783. The molecule has 18 heavy (non-hydrogen) atoms. The number of hydrogen-bond donors (Lipinski definition) is 0. The third-order valence-electron chi connectivity index (χ3n) is 3.34. The Balaban J connectivity index is 2.28. The smallest absolute Gasteiger partial charge is 0.244 e. The second kappa shape index (κ2) is 4.79. The number of piperidine rings is 1. The van der Waals surface area contributed by atoms with Crippen LogP contribution in [0.3, 0.4) is 0 Å². The summed E-state index contributed by atoms with van der Waals surface area (Å²) in [5, 5.41) is 0.0119. The molecule has 0 amide bonds. The lowest BCUT2D eigenvalue weighted by Gasteiger charge is -2.40. The Labute approximate surface area is 113 Å². The summed E-state index contributed by atoms with van der Waals surface area (Å²) in [6.45, 7) is 4.90. The van der Waals surface area contributed by atoms with E-state index in [0.29, 0.717) is 19.5 Å². The van der Waals surface area contributed by atoms with Gasteiger partial charge in [0.1, 0.15) is 4.90 Å². The zero-order chi connectivity index (χ0) is 13.4. The van der Waals surface area contributed by atoms with Crippen LogP contribution in [0.1, 0.15) is 20.3 Å². The van der Waals surface area contributed by atoms with Gasteiger partial charge in [-0.2, -0.15) is 4.31 Å². The molecule has 100 valence electrons. The molecule has 0 bridgehead atoms. The molecule has 2 heterocycles. The number of alkyl halides is 1. The molecule has 0 aromatic carbocycles. The highest BCUT2D eigenvalue weighted by atomic mass is 35.5. The maximum atomic E-state index is 12.4. The minimum Gasteiger partial charge on any atom is -0.263 e. The van der Waals surface area contributed by atoms with Gasteiger partial charge in [-0.3, -0.25) is 4.98 Å². The largest absolute Gasteiger partial charge is 0.263 e. The zero-order valence-corrected chi connectivity index (χ0v) is 12.1. The van der Waals surface area contributed by atoms with Gasteiger partial charge in [0.2, 0.25) is 10.0 Å². The van der Waals surface area contributed by atoms with Crippen LogP contribution in [-0.4, -0.2) is 36.2 Å². The minimum atomic E-state index is -3.44. The number of halogens is 1. The first-order valence-electron chi connectivity index (χ1n) is 5.88. The summed E-state index contributed by atoms with van der Waals surface area (Å²) < 4.78 is 26.4. The molecule has 0 N–H and O–H groups in total. The summed E-state index contributed by atoms with van der Waals surface area (Å²) in [6.07, 6.45) is 3.62. The number of nitrogens with zero attached hydrogens (tertiary/aromatic N) is 2. The molecular formula is C12H17ClN2O2S. The summed E-state index contributed by atoms with van der Waals surface area (Å²) in [4.78, 5) is 4.11. The summed E-state index contributed by atoms with van der Waals surface area (Å²) in [5.41, 5.74) is -0.213. The predicted octanol–water partition coefficient (Wildman–Crippen LogP) is 2.11. The van der Waals surface area contributed by atoms with Gasteiger partial charge in [0, 0.05) is 30.9 Å². The maximum absolute atomic E-state index is 12.4. The molecule has 1 aliphatic rings. The van der Waals surface area contributed by atoms with E-state index < -0.39 is 10.0 Å². The van der Waals surface area contributed by atoms with E-state index in [2.05, 4.69) is 4.98 Å². The van der Waals surface area contributed by atoms with Crippen LogP contribution in [0.5, 0.6) is 0 Å². The molecule has 1 atom stereocenters. The van der Waals surface area contributed by atoms with Crippen LogP contribution in [0.15, 0.2) is 29.4 Å². The molecule has 0 radical (unpaired) electrons. The van der Waals surface area contributed by atoms with Crippen molar-refractivity contribution in [3.05, 3.63) is 24.5 Å². The van der Waals surface area contributed by atoms with Crippen molar-refractivity contribution in [1.82, 2.24) is 9.29 Å². The van der Waals surface area contributed by atoms with Crippen molar-refractivity contribution in [1.29, 1.82) is 0 Å². The first-order chi connectivity index (χ1) is 8.34. The van der Waals surface area contributed by atoms with Crippen molar-refractivity contribution in [2.45, 2.75) is 30.5 Å². The average molecular weight is 289 g/mol. The van der Waals surface area contributed by atoms with Gasteiger partial charge >= 0.3 is 0 Å². The molecule has 0 spiro atoms. The Bertz CT molecular complexity index is 516. The lowest BCUT2D eigenvalue weighted by atomic mass is 9.85. The van der Waals surface area contributed by atoms with Crippen LogP contribution >= 0.6 is 11.6 Å². The fourth-order valence-corrected chi connectivity index (χ4v) is 3.89. The van der Waals surface area contributed by atoms with Crippen molar-refractivity contribution in [3.8, 4) is 0 Å². The van der Waals surface area contributed by atoms with Crippen LogP contribution in [-0.2, 0) is 10.0 Å². The van der Waals surface area contributed by atoms with Crippen molar-refractivity contribution >= 4 is 21.6 Å². The molecule has 1 aromatic rings. The minimum absolute atomic E-state index is 0.0119. The zero-order valence-electron chi connectivity index (χ0n) is 10.5. The van der Waals surface area contributed by atoms with E-state index in [4.69, 9.17) is 11.6 Å². The monoisotopic (exact) mass is 288 g/mol. The highest BCUT2D eigenvalue weighted by Gasteiger charge is 2.39. The highest BCUT2D eigenvalue weighted by Crippen LogP contribution is 2.35. The van der Waals surface area contributed by atoms with Gasteiger partial charge < -0.3 is 0 Å². The van der Waals surface area contributed by atoms with E-state index in [-0.39, 0.29) is 15.7 Å². The van der Waals surface area contributed by atoms with Crippen molar-refractivity contribution in [2.75, 3.05) is 13.1 Å². The highest BCUT2D eigenvalue weighted by molar-refractivity contribution is 7.89. The summed E-state index contributed by atoms with van der Waals surface area (Å²) in [7, 11) is -3.44. The fraction of sp³-hybridized carbons (Fsp3) is 0.583. The van der Waals surface area contributed by atoms with E-state index in [1.165, 1.54) is 10.5 Å². The second-order valence-electron chi connectivity index (χ2n) is 5.27. The van der Waals surface area contributed by atoms with Gasteiger partial charge in [-0.05, 0) is 24.0 Å². The number of aromatic nitrogens is 1. The molecule has 6 heteroatoms. The van der Waals surface area contributed by atoms with E-state index in [1.807, 2.05) is 13.8 Å². The Morgan fingerprint density at radius 1 is 1.50 bits per heavy atom. The summed E-state index contributed by atoms with van der Waals surface area (Å²) in [5.74, 6) is 0. The van der Waals surface area contributed by atoms with Crippen LogP contribution in [0.25, 0.3) is 0 Å². The molecule has 0 saturated carbocycles. The number of pyridine rings is 1. The van der Waals surface area contributed by atoms with Crippen LogP contribution in [0.2, 0.25) is 0 Å². The van der Waals surface area contributed by atoms with Crippen LogP contribution in [0, 0.1) is 5.41 Å².